The fourth-order valence-electron chi connectivity index (χ4n) is 1.86. The van der Waals surface area contributed by atoms with Gasteiger partial charge in [0.2, 0.25) is 0 Å². The van der Waals surface area contributed by atoms with Crippen LogP contribution in [-0.2, 0) is 6.54 Å². The van der Waals surface area contributed by atoms with Crippen LogP contribution < -0.4 is 0 Å². The highest BCUT2D eigenvalue weighted by molar-refractivity contribution is 5.87. The molecule has 2 N–H and O–H groups in total. The van der Waals surface area contributed by atoms with Crippen LogP contribution in [0.15, 0.2) is 18.2 Å². The number of hydrogen-bond donors (Lipinski definition) is 2. The molecule has 1 aromatic rings. The normalized spacial score (nSPS) is 11.3. The van der Waals surface area contributed by atoms with E-state index in [0.29, 0.717) is 13.0 Å². The Balaban J connectivity index is 2.79. The average molecular weight is 269 g/mol. The maximum Gasteiger partial charge on any atom is 0.338 e. The average Bonchev–Trinajstić information content (AvgIpc) is 2.33. The van der Waals surface area contributed by atoms with E-state index in [-0.39, 0.29) is 18.2 Å². The number of carboxylic acids is 1. The SMILES string of the molecule is CC(C)N(CCCO)Cc1ccc(C(=O)O)c(F)c1. The van der Waals surface area contributed by atoms with Gasteiger partial charge in [0, 0.05) is 25.7 Å². The first-order valence-corrected chi connectivity index (χ1v) is 6.32. The predicted octanol–water partition coefficient (Wildman–Crippen LogP) is 2.12. The molecule has 4 nitrogen and oxygen atoms in total. The van der Waals surface area contributed by atoms with E-state index in [0.717, 1.165) is 12.1 Å². The first-order valence-electron chi connectivity index (χ1n) is 6.32. The van der Waals surface area contributed by atoms with E-state index < -0.39 is 11.8 Å². The molecule has 1 aromatic carbocycles. The van der Waals surface area contributed by atoms with Crippen LogP contribution >= 0.6 is 0 Å². The maximum atomic E-state index is 13.6. The van der Waals surface area contributed by atoms with Crippen LogP contribution in [0.4, 0.5) is 4.39 Å². The minimum absolute atomic E-state index is 0.121. The molecule has 5 heteroatoms. The number of nitrogens with zero attached hydrogens (tertiary/aromatic N) is 1. The standard InChI is InChI=1S/C14H20FNO3/c1-10(2)16(6-3-7-17)9-11-4-5-12(14(18)19)13(15)8-11/h4-5,8,10,17H,3,6-7,9H2,1-2H3,(H,18,19). The lowest BCUT2D eigenvalue weighted by molar-refractivity contribution is 0.0691. The van der Waals surface area contributed by atoms with Crippen LogP contribution in [0.1, 0.15) is 36.2 Å². The van der Waals surface area contributed by atoms with E-state index in [1.165, 1.54) is 12.1 Å². The highest BCUT2D eigenvalue weighted by Crippen LogP contribution is 2.14. The van der Waals surface area contributed by atoms with Crippen molar-refractivity contribution in [3.63, 3.8) is 0 Å². The van der Waals surface area contributed by atoms with Crippen molar-refractivity contribution in [2.75, 3.05) is 13.2 Å². The van der Waals surface area contributed by atoms with E-state index in [1.807, 2.05) is 13.8 Å². The molecule has 0 saturated heterocycles. The molecule has 0 fully saturated rings. The Hall–Kier alpha value is -1.46. The second kappa shape index (κ2) is 7.21. The number of benzene rings is 1. The van der Waals surface area contributed by atoms with Crippen molar-refractivity contribution >= 4 is 5.97 Å². The molecule has 0 aliphatic rings. The molecule has 0 heterocycles. The van der Waals surface area contributed by atoms with Crippen LogP contribution in [-0.4, -0.2) is 40.3 Å². The number of hydrogen-bond acceptors (Lipinski definition) is 3. The summed E-state index contributed by atoms with van der Waals surface area (Å²) in [6.07, 6.45) is 0.661. The Morgan fingerprint density at radius 1 is 1.42 bits per heavy atom. The number of aliphatic hydroxyl groups is 1. The lowest BCUT2D eigenvalue weighted by atomic mass is 10.1. The largest absolute Gasteiger partial charge is 0.478 e. The summed E-state index contributed by atoms with van der Waals surface area (Å²) < 4.78 is 13.6. The van der Waals surface area contributed by atoms with Crippen molar-refractivity contribution in [2.24, 2.45) is 0 Å². The molecule has 0 unspecified atom stereocenters. The minimum Gasteiger partial charge on any atom is -0.478 e. The van der Waals surface area contributed by atoms with E-state index in [9.17, 15) is 9.18 Å². The van der Waals surface area contributed by atoms with Gasteiger partial charge in [0.1, 0.15) is 5.82 Å². The molecule has 0 aliphatic heterocycles. The van der Waals surface area contributed by atoms with Crippen LogP contribution in [0.25, 0.3) is 0 Å². The molecule has 0 radical (unpaired) electrons. The molecular formula is C14H20FNO3. The molecule has 1 rings (SSSR count). The number of rotatable bonds is 7. The van der Waals surface area contributed by atoms with Crippen molar-refractivity contribution in [1.29, 1.82) is 0 Å². The van der Waals surface area contributed by atoms with E-state index in [1.54, 1.807) is 6.07 Å². The minimum atomic E-state index is -1.26. The second-order valence-corrected chi connectivity index (χ2v) is 4.76. The highest BCUT2D eigenvalue weighted by atomic mass is 19.1. The van der Waals surface area contributed by atoms with Gasteiger partial charge in [-0.2, -0.15) is 0 Å². The van der Waals surface area contributed by atoms with Crippen LogP contribution in [0.5, 0.6) is 0 Å². The zero-order valence-corrected chi connectivity index (χ0v) is 11.3. The van der Waals surface area contributed by atoms with Gasteiger partial charge in [-0.25, -0.2) is 9.18 Å². The summed E-state index contributed by atoms with van der Waals surface area (Å²) >= 11 is 0. The summed E-state index contributed by atoms with van der Waals surface area (Å²) in [6.45, 7) is 5.43. The smallest absolute Gasteiger partial charge is 0.338 e. The van der Waals surface area contributed by atoms with Gasteiger partial charge in [0.05, 0.1) is 5.56 Å². The molecule has 0 bridgehead atoms. The Kier molecular flexibility index (Phi) is 5.92. The van der Waals surface area contributed by atoms with E-state index >= 15 is 0 Å². The third kappa shape index (κ3) is 4.61. The lowest BCUT2D eigenvalue weighted by Gasteiger charge is -2.26. The first kappa shape index (κ1) is 15.6. The number of halogens is 1. The summed E-state index contributed by atoms with van der Waals surface area (Å²) in [7, 11) is 0. The number of carbonyl (C=O) groups is 1. The maximum absolute atomic E-state index is 13.6. The Labute approximate surface area is 112 Å². The van der Waals surface area contributed by atoms with E-state index in [4.69, 9.17) is 10.2 Å². The van der Waals surface area contributed by atoms with Gasteiger partial charge in [0.15, 0.2) is 0 Å². The quantitative estimate of drug-likeness (QED) is 0.796. The summed E-state index contributed by atoms with van der Waals surface area (Å²) in [5.74, 6) is -1.97. The summed E-state index contributed by atoms with van der Waals surface area (Å²) in [5.41, 5.74) is 0.421. The number of aliphatic hydroxyl groups excluding tert-OH is 1. The Bertz CT molecular complexity index is 435. The summed E-state index contributed by atoms with van der Waals surface area (Å²) in [5, 5.41) is 17.6. The Morgan fingerprint density at radius 2 is 2.11 bits per heavy atom. The number of carboxylic acid groups (broad SMARTS) is 1. The second-order valence-electron chi connectivity index (χ2n) is 4.76. The van der Waals surface area contributed by atoms with Gasteiger partial charge in [0.25, 0.3) is 0 Å². The van der Waals surface area contributed by atoms with Crippen LogP contribution in [0, 0.1) is 5.82 Å². The van der Waals surface area contributed by atoms with Crippen LogP contribution in [0.2, 0.25) is 0 Å². The van der Waals surface area contributed by atoms with Crippen molar-refractivity contribution in [1.82, 2.24) is 4.90 Å². The predicted molar refractivity (Wildman–Crippen MR) is 70.6 cm³/mol. The summed E-state index contributed by atoms with van der Waals surface area (Å²) in [6, 6.07) is 4.45. The van der Waals surface area contributed by atoms with Gasteiger partial charge in [-0.3, -0.25) is 4.90 Å². The molecule has 0 amide bonds. The van der Waals surface area contributed by atoms with Crippen molar-refractivity contribution in [3.8, 4) is 0 Å². The molecule has 106 valence electrons. The van der Waals surface area contributed by atoms with Crippen molar-refractivity contribution < 1.29 is 19.4 Å². The zero-order valence-electron chi connectivity index (χ0n) is 11.3. The van der Waals surface area contributed by atoms with Crippen molar-refractivity contribution in [3.05, 3.63) is 35.1 Å². The molecule has 0 aromatic heterocycles. The monoisotopic (exact) mass is 269 g/mol. The number of aromatic carboxylic acids is 1. The molecule has 0 saturated carbocycles. The molecule has 0 aliphatic carbocycles. The fourth-order valence-corrected chi connectivity index (χ4v) is 1.86. The zero-order chi connectivity index (χ0) is 14.4. The molecule has 0 atom stereocenters. The lowest BCUT2D eigenvalue weighted by Crippen LogP contribution is -2.31. The van der Waals surface area contributed by atoms with Crippen molar-refractivity contribution in [2.45, 2.75) is 32.9 Å². The molecule has 19 heavy (non-hydrogen) atoms. The topological polar surface area (TPSA) is 60.8 Å². The summed E-state index contributed by atoms with van der Waals surface area (Å²) in [4.78, 5) is 12.8. The first-order chi connectivity index (χ1) is 8.95. The van der Waals surface area contributed by atoms with Crippen LogP contribution in [0.3, 0.4) is 0 Å². The van der Waals surface area contributed by atoms with Gasteiger partial charge in [-0.05, 0) is 38.0 Å². The fraction of sp³-hybridized carbons (Fsp3) is 0.500. The third-order valence-electron chi connectivity index (χ3n) is 2.98. The van der Waals surface area contributed by atoms with Gasteiger partial charge in [-0.15, -0.1) is 0 Å². The molecule has 0 spiro atoms. The van der Waals surface area contributed by atoms with Gasteiger partial charge >= 0.3 is 5.97 Å². The van der Waals surface area contributed by atoms with E-state index in [2.05, 4.69) is 4.90 Å². The Morgan fingerprint density at radius 3 is 2.58 bits per heavy atom. The van der Waals surface area contributed by atoms with Gasteiger partial charge in [-0.1, -0.05) is 6.07 Å². The molecular weight excluding hydrogens is 249 g/mol. The van der Waals surface area contributed by atoms with Gasteiger partial charge < -0.3 is 10.2 Å². The third-order valence-corrected chi connectivity index (χ3v) is 2.98. The highest BCUT2D eigenvalue weighted by Gasteiger charge is 2.13.